The van der Waals surface area contributed by atoms with Crippen molar-refractivity contribution in [1.29, 1.82) is 0 Å². The van der Waals surface area contributed by atoms with Gasteiger partial charge in [0.1, 0.15) is 0 Å². The Bertz CT molecular complexity index is 663. The summed E-state index contributed by atoms with van der Waals surface area (Å²) in [6.07, 6.45) is -0.245. The zero-order valence-electron chi connectivity index (χ0n) is 12.0. The van der Waals surface area contributed by atoms with Crippen molar-refractivity contribution in [3.05, 3.63) is 65.2 Å². The molecule has 0 aliphatic carbocycles. The molecular weight excluding hydrogens is 266 g/mol. The van der Waals surface area contributed by atoms with Crippen LogP contribution >= 0.6 is 0 Å². The number of ether oxygens (including phenoxy) is 1. The van der Waals surface area contributed by atoms with Crippen LogP contribution in [-0.2, 0) is 4.74 Å². The number of benzene rings is 2. The minimum atomic E-state index is -0.523. The highest BCUT2D eigenvalue weighted by Gasteiger charge is 2.16. The number of carbonyl (C=O) groups is 2. The predicted octanol–water partition coefficient (Wildman–Crippen LogP) is 3.07. The van der Waals surface area contributed by atoms with E-state index in [1.54, 1.807) is 50.2 Å². The number of hydrogen-bond acceptors (Lipinski definition) is 4. The van der Waals surface area contributed by atoms with Gasteiger partial charge in [0.25, 0.3) is 0 Å². The zero-order valence-corrected chi connectivity index (χ0v) is 12.0. The Balaban J connectivity index is 2.35. The molecule has 2 aromatic rings. The summed E-state index contributed by atoms with van der Waals surface area (Å²) in [6, 6.07) is 13.5. The summed E-state index contributed by atoms with van der Waals surface area (Å²) in [6.45, 7) is 3.51. The minimum absolute atomic E-state index is 0.158. The lowest BCUT2D eigenvalue weighted by Crippen LogP contribution is -2.14. The van der Waals surface area contributed by atoms with Gasteiger partial charge in [0.2, 0.25) is 0 Å². The Hall–Kier alpha value is -2.62. The Morgan fingerprint density at radius 3 is 2.29 bits per heavy atom. The van der Waals surface area contributed by atoms with Gasteiger partial charge >= 0.3 is 5.97 Å². The molecule has 0 spiro atoms. The number of nitrogens with two attached hydrogens (primary N) is 1. The summed E-state index contributed by atoms with van der Waals surface area (Å²) >= 11 is 0. The molecule has 0 amide bonds. The highest BCUT2D eigenvalue weighted by molar-refractivity contribution is 6.10. The lowest BCUT2D eigenvalue weighted by Gasteiger charge is -2.11. The van der Waals surface area contributed by atoms with Crippen LogP contribution in [0.3, 0.4) is 0 Å². The smallest absolute Gasteiger partial charge is 0.340 e. The number of nitrogen functional groups attached to an aromatic ring is 1. The van der Waals surface area contributed by atoms with Crippen molar-refractivity contribution in [1.82, 2.24) is 0 Å². The molecule has 2 rings (SSSR count). The van der Waals surface area contributed by atoms with Gasteiger partial charge in [-0.15, -0.1) is 0 Å². The molecule has 0 saturated heterocycles. The molecule has 4 heteroatoms. The van der Waals surface area contributed by atoms with E-state index in [0.29, 0.717) is 16.8 Å². The zero-order chi connectivity index (χ0) is 15.4. The number of hydrogen-bond donors (Lipinski definition) is 1. The van der Waals surface area contributed by atoms with Crippen LogP contribution < -0.4 is 5.73 Å². The second-order valence-corrected chi connectivity index (χ2v) is 4.95. The van der Waals surface area contributed by atoms with Crippen LogP contribution in [0.5, 0.6) is 0 Å². The molecule has 0 saturated carbocycles. The molecule has 2 aromatic carbocycles. The maximum Gasteiger partial charge on any atom is 0.340 e. The fourth-order valence-electron chi connectivity index (χ4n) is 1.91. The molecule has 0 radical (unpaired) electrons. The highest BCUT2D eigenvalue weighted by Crippen LogP contribution is 2.18. The van der Waals surface area contributed by atoms with Crippen LogP contribution in [0.2, 0.25) is 0 Å². The Labute approximate surface area is 123 Å². The summed E-state index contributed by atoms with van der Waals surface area (Å²) in [4.78, 5) is 24.3. The second-order valence-electron chi connectivity index (χ2n) is 4.95. The third kappa shape index (κ3) is 3.48. The molecule has 0 bridgehead atoms. The third-order valence-corrected chi connectivity index (χ3v) is 2.91. The van der Waals surface area contributed by atoms with Gasteiger partial charge in [0.15, 0.2) is 5.78 Å². The summed E-state index contributed by atoms with van der Waals surface area (Å²) < 4.78 is 5.13. The van der Waals surface area contributed by atoms with E-state index in [4.69, 9.17) is 10.5 Å². The van der Waals surface area contributed by atoms with E-state index < -0.39 is 5.97 Å². The van der Waals surface area contributed by atoms with Crippen molar-refractivity contribution in [2.24, 2.45) is 0 Å². The monoisotopic (exact) mass is 283 g/mol. The Kier molecular flexibility index (Phi) is 4.38. The van der Waals surface area contributed by atoms with Gasteiger partial charge in [0.05, 0.1) is 11.7 Å². The number of ketones is 1. The van der Waals surface area contributed by atoms with Crippen LogP contribution in [0.25, 0.3) is 0 Å². The topological polar surface area (TPSA) is 69.4 Å². The van der Waals surface area contributed by atoms with Crippen molar-refractivity contribution in [2.45, 2.75) is 20.0 Å². The van der Waals surface area contributed by atoms with Gasteiger partial charge in [-0.2, -0.15) is 0 Å². The Morgan fingerprint density at radius 2 is 1.67 bits per heavy atom. The van der Waals surface area contributed by atoms with Crippen molar-refractivity contribution in [3.63, 3.8) is 0 Å². The van der Waals surface area contributed by atoms with Crippen LogP contribution in [0, 0.1) is 0 Å². The van der Waals surface area contributed by atoms with Crippen LogP contribution in [0.4, 0.5) is 5.69 Å². The van der Waals surface area contributed by atoms with E-state index in [2.05, 4.69) is 0 Å². The fourth-order valence-corrected chi connectivity index (χ4v) is 1.91. The summed E-state index contributed by atoms with van der Waals surface area (Å²) in [7, 11) is 0. The Morgan fingerprint density at radius 1 is 1.00 bits per heavy atom. The number of carbonyl (C=O) groups excluding carboxylic acids is 2. The molecular formula is C17H17NO3. The van der Waals surface area contributed by atoms with Gasteiger partial charge in [-0.3, -0.25) is 4.79 Å². The van der Waals surface area contributed by atoms with E-state index in [9.17, 15) is 9.59 Å². The number of anilines is 1. The first-order valence-electron chi connectivity index (χ1n) is 6.69. The fraction of sp³-hybridized carbons (Fsp3) is 0.176. The molecule has 0 aromatic heterocycles. The molecule has 2 N–H and O–H groups in total. The van der Waals surface area contributed by atoms with Crippen LogP contribution in [0.1, 0.15) is 40.1 Å². The molecule has 0 unspecified atom stereocenters. The average Bonchev–Trinajstić information content (AvgIpc) is 2.47. The highest BCUT2D eigenvalue weighted by atomic mass is 16.5. The third-order valence-electron chi connectivity index (χ3n) is 2.91. The minimum Gasteiger partial charge on any atom is -0.459 e. The molecule has 0 heterocycles. The van der Waals surface area contributed by atoms with E-state index >= 15 is 0 Å². The van der Waals surface area contributed by atoms with Crippen LogP contribution in [-0.4, -0.2) is 17.9 Å². The van der Waals surface area contributed by atoms with Crippen molar-refractivity contribution >= 4 is 17.4 Å². The molecule has 0 aliphatic heterocycles. The van der Waals surface area contributed by atoms with E-state index in [1.165, 1.54) is 6.07 Å². The van der Waals surface area contributed by atoms with E-state index in [1.807, 2.05) is 6.07 Å². The number of rotatable bonds is 4. The number of esters is 1. The lowest BCUT2D eigenvalue weighted by atomic mass is 10.0. The quantitative estimate of drug-likeness (QED) is 0.532. The van der Waals surface area contributed by atoms with Crippen molar-refractivity contribution < 1.29 is 14.3 Å². The average molecular weight is 283 g/mol. The van der Waals surface area contributed by atoms with Gasteiger partial charge in [0, 0.05) is 16.8 Å². The molecule has 4 nitrogen and oxygen atoms in total. The summed E-state index contributed by atoms with van der Waals surface area (Å²) in [5.74, 6) is -0.681. The SMILES string of the molecule is CC(C)OC(=O)c1cc(C(=O)c2ccccc2)ccc1N. The predicted molar refractivity (Wildman–Crippen MR) is 81.3 cm³/mol. The second kappa shape index (κ2) is 6.22. The van der Waals surface area contributed by atoms with Gasteiger partial charge < -0.3 is 10.5 Å². The summed E-state index contributed by atoms with van der Waals surface area (Å²) in [5.41, 5.74) is 7.27. The van der Waals surface area contributed by atoms with Crippen molar-refractivity contribution in [3.8, 4) is 0 Å². The van der Waals surface area contributed by atoms with Gasteiger partial charge in [-0.05, 0) is 32.0 Å². The van der Waals surface area contributed by atoms with E-state index in [-0.39, 0.29) is 17.5 Å². The molecule has 0 aliphatic rings. The first kappa shape index (κ1) is 14.8. The molecule has 21 heavy (non-hydrogen) atoms. The van der Waals surface area contributed by atoms with E-state index in [0.717, 1.165) is 0 Å². The molecule has 0 atom stereocenters. The molecule has 108 valence electrons. The van der Waals surface area contributed by atoms with Gasteiger partial charge in [-0.1, -0.05) is 30.3 Å². The largest absolute Gasteiger partial charge is 0.459 e. The molecule has 0 fully saturated rings. The van der Waals surface area contributed by atoms with Crippen LogP contribution in [0.15, 0.2) is 48.5 Å². The van der Waals surface area contributed by atoms with Gasteiger partial charge in [-0.25, -0.2) is 4.79 Å². The standard InChI is InChI=1S/C17H17NO3/c1-11(2)21-17(20)14-10-13(8-9-15(14)18)16(19)12-6-4-3-5-7-12/h3-11H,18H2,1-2H3. The maximum atomic E-state index is 12.4. The normalized spacial score (nSPS) is 10.4. The maximum absolute atomic E-state index is 12.4. The first-order chi connectivity index (χ1) is 9.99. The summed E-state index contributed by atoms with van der Waals surface area (Å²) in [5, 5.41) is 0. The lowest BCUT2D eigenvalue weighted by molar-refractivity contribution is 0.0379. The van der Waals surface area contributed by atoms with Crippen molar-refractivity contribution in [2.75, 3.05) is 5.73 Å². The first-order valence-corrected chi connectivity index (χ1v) is 6.69.